The second kappa shape index (κ2) is 7.19. The van der Waals surface area contributed by atoms with Gasteiger partial charge >= 0.3 is 5.97 Å². The molecule has 1 amide bonds. The molecule has 1 aromatic carbocycles. The van der Waals surface area contributed by atoms with Gasteiger partial charge in [0.2, 0.25) is 5.91 Å². The molecule has 0 unspecified atom stereocenters. The van der Waals surface area contributed by atoms with Crippen molar-refractivity contribution in [2.75, 3.05) is 20.2 Å². The molecule has 5 nitrogen and oxygen atoms in total. The largest absolute Gasteiger partial charge is 0.469 e. The van der Waals surface area contributed by atoms with E-state index in [-0.39, 0.29) is 25.6 Å². The number of alkyl halides is 2. The van der Waals surface area contributed by atoms with Gasteiger partial charge in [-0.05, 0) is 25.8 Å². The number of hydrogen-bond acceptors (Lipinski definition) is 4. The summed E-state index contributed by atoms with van der Waals surface area (Å²) in [6, 6.07) is 8.00. The molecule has 2 heterocycles. The monoisotopic (exact) mass is 380 g/mol. The lowest BCUT2D eigenvalue weighted by molar-refractivity contribution is -0.156. The van der Waals surface area contributed by atoms with Crippen molar-refractivity contribution in [1.29, 1.82) is 0 Å². The Balaban J connectivity index is 1.74. The van der Waals surface area contributed by atoms with Crippen LogP contribution >= 0.6 is 0 Å². The summed E-state index contributed by atoms with van der Waals surface area (Å²) in [5, 5.41) is 0. The van der Waals surface area contributed by atoms with Gasteiger partial charge in [0.1, 0.15) is 6.04 Å². The maximum Gasteiger partial charge on any atom is 0.311 e. The van der Waals surface area contributed by atoms with Crippen LogP contribution in [0.2, 0.25) is 0 Å². The lowest BCUT2D eigenvalue weighted by Gasteiger charge is -2.31. The number of rotatable bonds is 5. The Morgan fingerprint density at radius 3 is 2.56 bits per heavy atom. The topological polar surface area (TPSA) is 49.9 Å². The van der Waals surface area contributed by atoms with Crippen LogP contribution in [0.1, 0.15) is 32.3 Å². The highest BCUT2D eigenvalue weighted by Crippen LogP contribution is 2.43. The third-order valence-electron chi connectivity index (χ3n) is 5.56. The van der Waals surface area contributed by atoms with E-state index in [9.17, 15) is 18.4 Å². The van der Waals surface area contributed by atoms with E-state index >= 15 is 0 Å². The predicted octanol–water partition coefficient (Wildman–Crippen LogP) is 2.70. The first kappa shape index (κ1) is 19.7. The summed E-state index contributed by atoms with van der Waals surface area (Å²) in [5.41, 5.74) is -0.0628. The van der Waals surface area contributed by atoms with Crippen LogP contribution in [0.25, 0.3) is 0 Å². The summed E-state index contributed by atoms with van der Waals surface area (Å²) in [5.74, 6) is -3.91. The van der Waals surface area contributed by atoms with Crippen molar-refractivity contribution >= 4 is 11.9 Å². The average Bonchev–Trinajstić information content (AvgIpc) is 3.15. The zero-order valence-corrected chi connectivity index (χ0v) is 16.0. The van der Waals surface area contributed by atoms with Crippen LogP contribution in [0.5, 0.6) is 0 Å². The van der Waals surface area contributed by atoms with E-state index < -0.39 is 29.3 Å². The fourth-order valence-electron chi connectivity index (χ4n) is 4.25. The lowest BCUT2D eigenvalue weighted by Crippen LogP contribution is -2.49. The summed E-state index contributed by atoms with van der Waals surface area (Å²) in [6.07, 6.45) is 0.370. The summed E-state index contributed by atoms with van der Waals surface area (Å²) in [4.78, 5) is 27.6. The number of carbonyl (C=O) groups is 2. The van der Waals surface area contributed by atoms with E-state index in [0.29, 0.717) is 13.0 Å². The molecule has 2 saturated heterocycles. The zero-order valence-electron chi connectivity index (χ0n) is 16.0. The van der Waals surface area contributed by atoms with Crippen LogP contribution in [0, 0.1) is 5.41 Å². The number of hydrogen-bond donors (Lipinski definition) is 0. The quantitative estimate of drug-likeness (QED) is 0.737. The SMILES string of the molecule is COC(=O)C(C)(C)CC(=O)N1CC[C@H]2[C@@H]1C(F)(F)CN2Cc1ccccc1. The molecule has 0 N–H and O–H groups in total. The Labute approximate surface area is 158 Å². The van der Waals surface area contributed by atoms with Crippen molar-refractivity contribution in [3.05, 3.63) is 35.9 Å². The van der Waals surface area contributed by atoms with E-state index in [0.717, 1.165) is 5.56 Å². The van der Waals surface area contributed by atoms with E-state index in [1.165, 1.54) is 12.0 Å². The van der Waals surface area contributed by atoms with Gasteiger partial charge in [0, 0.05) is 25.6 Å². The third kappa shape index (κ3) is 3.83. The molecule has 2 fully saturated rings. The normalized spacial score (nSPS) is 24.7. The van der Waals surface area contributed by atoms with Crippen LogP contribution in [0.4, 0.5) is 8.78 Å². The first-order valence-electron chi connectivity index (χ1n) is 9.19. The highest BCUT2D eigenvalue weighted by atomic mass is 19.3. The van der Waals surface area contributed by atoms with Gasteiger partial charge in [0.15, 0.2) is 0 Å². The Morgan fingerprint density at radius 1 is 1.26 bits per heavy atom. The number of benzene rings is 1. The van der Waals surface area contributed by atoms with Gasteiger partial charge in [-0.2, -0.15) is 0 Å². The molecule has 0 saturated carbocycles. The molecule has 0 spiro atoms. The molecule has 7 heteroatoms. The van der Waals surface area contributed by atoms with Crippen molar-refractivity contribution in [3.8, 4) is 0 Å². The van der Waals surface area contributed by atoms with Gasteiger partial charge in [-0.3, -0.25) is 14.5 Å². The van der Waals surface area contributed by atoms with Gasteiger partial charge in [0.05, 0.1) is 19.1 Å². The summed E-state index contributed by atoms with van der Waals surface area (Å²) >= 11 is 0. The number of ether oxygens (including phenoxy) is 1. The maximum absolute atomic E-state index is 14.8. The summed E-state index contributed by atoms with van der Waals surface area (Å²) < 4.78 is 34.3. The molecule has 1 aromatic rings. The standard InChI is InChI=1S/C20H26F2N2O3/c1-19(2,18(26)27-3)11-16(25)24-10-9-15-17(24)20(21,22)13-23(15)12-14-7-5-4-6-8-14/h4-8,15,17H,9-13H2,1-3H3/t15-,17+/m0/s1. The number of halogens is 2. The number of nitrogens with zero attached hydrogens (tertiary/aromatic N) is 2. The van der Waals surface area contributed by atoms with E-state index in [2.05, 4.69) is 0 Å². The number of likely N-dealkylation sites (tertiary alicyclic amines) is 2. The molecule has 2 atom stereocenters. The minimum Gasteiger partial charge on any atom is -0.469 e. The smallest absolute Gasteiger partial charge is 0.311 e. The molecular formula is C20H26F2N2O3. The molecule has 3 rings (SSSR count). The van der Waals surface area contributed by atoms with E-state index in [4.69, 9.17) is 4.74 Å². The fourth-order valence-corrected chi connectivity index (χ4v) is 4.25. The molecule has 0 aromatic heterocycles. The van der Waals surface area contributed by atoms with Crippen molar-refractivity contribution in [3.63, 3.8) is 0 Å². The molecule has 148 valence electrons. The van der Waals surface area contributed by atoms with Crippen LogP contribution in [0.15, 0.2) is 30.3 Å². The zero-order chi connectivity index (χ0) is 19.8. The van der Waals surface area contributed by atoms with Crippen LogP contribution in [0.3, 0.4) is 0 Å². The first-order valence-corrected chi connectivity index (χ1v) is 9.19. The van der Waals surface area contributed by atoms with Crippen LogP contribution < -0.4 is 0 Å². The predicted molar refractivity (Wildman–Crippen MR) is 96.1 cm³/mol. The fraction of sp³-hybridized carbons (Fsp3) is 0.600. The molecule has 0 bridgehead atoms. The van der Waals surface area contributed by atoms with Crippen LogP contribution in [-0.4, -0.2) is 59.9 Å². The highest BCUT2D eigenvalue weighted by molar-refractivity contribution is 5.85. The van der Waals surface area contributed by atoms with Gasteiger partial charge in [-0.25, -0.2) is 8.78 Å². The van der Waals surface area contributed by atoms with Gasteiger partial charge in [-0.1, -0.05) is 30.3 Å². The van der Waals surface area contributed by atoms with Gasteiger partial charge < -0.3 is 9.64 Å². The second-order valence-electron chi connectivity index (χ2n) is 8.09. The lowest BCUT2D eigenvalue weighted by atomic mass is 9.88. The molecule has 2 aliphatic heterocycles. The molecule has 27 heavy (non-hydrogen) atoms. The van der Waals surface area contributed by atoms with E-state index in [1.54, 1.807) is 18.7 Å². The summed E-state index contributed by atoms with van der Waals surface area (Å²) in [6.45, 7) is 3.55. The average molecular weight is 380 g/mol. The Morgan fingerprint density at radius 2 is 1.93 bits per heavy atom. The minimum atomic E-state index is -2.97. The number of carbonyl (C=O) groups excluding carboxylic acids is 2. The minimum absolute atomic E-state index is 0.141. The van der Waals surface area contributed by atoms with Crippen molar-refractivity contribution in [2.45, 2.75) is 51.2 Å². The molecule has 0 radical (unpaired) electrons. The first-order chi connectivity index (χ1) is 12.7. The number of esters is 1. The van der Waals surface area contributed by atoms with Crippen molar-refractivity contribution in [2.24, 2.45) is 5.41 Å². The Bertz CT molecular complexity index is 708. The van der Waals surface area contributed by atoms with Crippen LogP contribution in [-0.2, 0) is 20.9 Å². The number of amides is 1. The van der Waals surface area contributed by atoms with Crippen molar-refractivity contribution in [1.82, 2.24) is 9.80 Å². The highest BCUT2D eigenvalue weighted by Gasteiger charge is 2.60. The number of fused-ring (bicyclic) bond motifs is 1. The third-order valence-corrected chi connectivity index (χ3v) is 5.56. The maximum atomic E-state index is 14.8. The Kier molecular flexibility index (Phi) is 5.25. The number of methoxy groups -OCH3 is 1. The Hall–Kier alpha value is -2.02. The van der Waals surface area contributed by atoms with Crippen molar-refractivity contribution < 1.29 is 23.1 Å². The van der Waals surface area contributed by atoms with Gasteiger partial charge in [-0.15, -0.1) is 0 Å². The van der Waals surface area contributed by atoms with E-state index in [1.807, 2.05) is 30.3 Å². The molecule has 0 aliphatic carbocycles. The second-order valence-corrected chi connectivity index (χ2v) is 8.09. The molecule has 2 aliphatic rings. The summed E-state index contributed by atoms with van der Waals surface area (Å²) in [7, 11) is 1.26. The molecular weight excluding hydrogens is 354 g/mol. The van der Waals surface area contributed by atoms with Gasteiger partial charge in [0.25, 0.3) is 5.92 Å².